The van der Waals surface area contributed by atoms with E-state index in [2.05, 4.69) is 4.90 Å². The minimum atomic E-state index is -0.190. The summed E-state index contributed by atoms with van der Waals surface area (Å²) in [6.07, 6.45) is 0. The van der Waals surface area contributed by atoms with Crippen molar-refractivity contribution >= 4 is 5.69 Å². The highest BCUT2D eigenvalue weighted by Gasteiger charge is 2.03. The fraction of sp³-hybridized carbons (Fsp3) is 0.200. The molecule has 94 valence electrons. The molecule has 0 radical (unpaired) electrons. The molecule has 2 aromatic rings. The van der Waals surface area contributed by atoms with E-state index in [1.54, 1.807) is 12.1 Å². The largest absolute Gasteiger partial charge is 0.399 e. The van der Waals surface area contributed by atoms with E-state index in [4.69, 9.17) is 5.73 Å². The zero-order valence-electron chi connectivity index (χ0n) is 10.4. The quantitative estimate of drug-likeness (QED) is 0.838. The van der Waals surface area contributed by atoms with E-state index in [1.165, 1.54) is 6.07 Å². The molecule has 2 N–H and O–H groups in total. The maximum Gasteiger partial charge on any atom is 0.123 e. The minimum absolute atomic E-state index is 0.190. The number of hydrogen-bond donors (Lipinski definition) is 1. The second-order valence-electron chi connectivity index (χ2n) is 4.55. The van der Waals surface area contributed by atoms with Crippen molar-refractivity contribution in [1.82, 2.24) is 4.90 Å². The lowest BCUT2D eigenvalue weighted by molar-refractivity contribution is 0.318. The van der Waals surface area contributed by atoms with Gasteiger partial charge >= 0.3 is 0 Å². The van der Waals surface area contributed by atoms with Crippen LogP contribution in [0, 0.1) is 5.82 Å². The number of rotatable bonds is 4. The highest BCUT2D eigenvalue weighted by molar-refractivity contribution is 5.40. The van der Waals surface area contributed by atoms with Gasteiger partial charge in [-0.05, 0) is 42.4 Å². The molecule has 0 saturated carbocycles. The number of halogens is 1. The van der Waals surface area contributed by atoms with E-state index in [-0.39, 0.29) is 5.82 Å². The Labute approximate surface area is 107 Å². The van der Waals surface area contributed by atoms with Gasteiger partial charge in [-0.2, -0.15) is 0 Å². The van der Waals surface area contributed by atoms with Crippen molar-refractivity contribution in [2.45, 2.75) is 13.1 Å². The first kappa shape index (κ1) is 12.6. The molecule has 0 spiro atoms. The third kappa shape index (κ3) is 3.57. The molecule has 0 aromatic heterocycles. The van der Waals surface area contributed by atoms with Crippen LogP contribution in [-0.2, 0) is 13.1 Å². The summed E-state index contributed by atoms with van der Waals surface area (Å²) in [5, 5.41) is 0. The summed E-state index contributed by atoms with van der Waals surface area (Å²) in [6, 6.07) is 14.5. The molecule has 0 saturated heterocycles. The van der Waals surface area contributed by atoms with E-state index in [0.29, 0.717) is 6.54 Å². The standard InChI is InChI=1S/C15H17FN2/c1-18(10-12-4-2-6-14(16)8-12)11-13-5-3-7-15(17)9-13/h2-9H,10-11,17H2,1H3. The Morgan fingerprint density at radius 2 is 1.61 bits per heavy atom. The summed E-state index contributed by atoms with van der Waals surface area (Å²) in [4.78, 5) is 2.13. The average Bonchev–Trinajstić information content (AvgIpc) is 2.28. The predicted octanol–water partition coefficient (Wildman–Crippen LogP) is 3.04. The van der Waals surface area contributed by atoms with Crippen molar-refractivity contribution in [3.05, 3.63) is 65.5 Å². The summed E-state index contributed by atoms with van der Waals surface area (Å²) in [7, 11) is 2.01. The molecule has 0 unspecified atom stereocenters. The topological polar surface area (TPSA) is 29.3 Å². The van der Waals surface area contributed by atoms with Crippen LogP contribution in [0.2, 0.25) is 0 Å². The number of nitrogens with zero attached hydrogens (tertiary/aromatic N) is 1. The van der Waals surface area contributed by atoms with E-state index < -0.39 is 0 Å². The van der Waals surface area contributed by atoms with E-state index in [0.717, 1.165) is 23.4 Å². The van der Waals surface area contributed by atoms with Gasteiger partial charge < -0.3 is 5.73 Å². The van der Waals surface area contributed by atoms with Crippen LogP contribution in [0.15, 0.2) is 48.5 Å². The van der Waals surface area contributed by atoms with Gasteiger partial charge in [0, 0.05) is 18.8 Å². The number of anilines is 1. The Morgan fingerprint density at radius 1 is 1.00 bits per heavy atom. The Balaban J connectivity index is 1.98. The second-order valence-corrected chi connectivity index (χ2v) is 4.55. The molecular formula is C15H17FN2. The molecule has 2 rings (SSSR count). The van der Waals surface area contributed by atoms with Crippen LogP contribution in [0.4, 0.5) is 10.1 Å². The molecule has 0 amide bonds. The van der Waals surface area contributed by atoms with Gasteiger partial charge in [-0.3, -0.25) is 4.90 Å². The number of nitrogen functional groups attached to an aromatic ring is 1. The SMILES string of the molecule is CN(Cc1cccc(N)c1)Cc1cccc(F)c1. The van der Waals surface area contributed by atoms with Gasteiger partial charge in [0.1, 0.15) is 5.82 Å². The van der Waals surface area contributed by atoms with Gasteiger partial charge in [0.2, 0.25) is 0 Å². The molecule has 0 bridgehead atoms. The van der Waals surface area contributed by atoms with E-state index in [1.807, 2.05) is 37.4 Å². The van der Waals surface area contributed by atoms with Crippen molar-refractivity contribution in [2.24, 2.45) is 0 Å². The number of benzene rings is 2. The summed E-state index contributed by atoms with van der Waals surface area (Å²) >= 11 is 0. The average molecular weight is 244 g/mol. The molecule has 0 aliphatic heterocycles. The summed E-state index contributed by atoms with van der Waals surface area (Å²) < 4.78 is 13.1. The first-order valence-corrected chi connectivity index (χ1v) is 5.91. The lowest BCUT2D eigenvalue weighted by Crippen LogP contribution is -2.17. The molecule has 0 fully saturated rings. The van der Waals surface area contributed by atoms with Crippen LogP contribution < -0.4 is 5.73 Å². The summed E-state index contributed by atoms with van der Waals surface area (Å²) in [5.74, 6) is -0.190. The molecule has 2 aromatic carbocycles. The molecule has 3 heteroatoms. The third-order valence-electron chi connectivity index (χ3n) is 2.75. The first-order chi connectivity index (χ1) is 8.63. The van der Waals surface area contributed by atoms with Crippen LogP contribution in [-0.4, -0.2) is 11.9 Å². The highest BCUT2D eigenvalue weighted by Crippen LogP contribution is 2.11. The lowest BCUT2D eigenvalue weighted by Gasteiger charge is -2.17. The van der Waals surface area contributed by atoms with Gasteiger partial charge in [0.05, 0.1) is 0 Å². The third-order valence-corrected chi connectivity index (χ3v) is 2.75. The molecule has 18 heavy (non-hydrogen) atoms. The predicted molar refractivity (Wildman–Crippen MR) is 72.4 cm³/mol. The number of nitrogens with two attached hydrogens (primary N) is 1. The van der Waals surface area contributed by atoms with Crippen LogP contribution in [0.3, 0.4) is 0 Å². The van der Waals surface area contributed by atoms with Crippen LogP contribution in [0.1, 0.15) is 11.1 Å². The fourth-order valence-corrected chi connectivity index (χ4v) is 2.01. The highest BCUT2D eigenvalue weighted by atomic mass is 19.1. The van der Waals surface area contributed by atoms with E-state index in [9.17, 15) is 4.39 Å². The molecule has 2 nitrogen and oxygen atoms in total. The molecule has 0 atom stereocenters. The zero-order valence-corrected chi connectivity index (χ0v) is 10.4. The van der Waals surface area contributed by atoms with Gasteiger partial charge in [-0.15, -0.1) is 0 Å². The minimum Gasteiger partial charge on any atom is -0.399 e. The normalized spacial score (nSPS) is 10.8. The zero-order chi connectivity index (χ0) is 13.0. The van der Waals surface area contributed by atoms with Crippen LogP contribution in [0.5, 0.6) is 0 Å². The van der Waals surface area contributed by atoms with Crippen molar-refractivity contribution in [3.8, 4) is 0 Å². The molecule has 0 aliphatic carbocycles. The number of hydrogen-bond acceptors (Lipinski definition) is 2. The van der Waals surface area contributed by atoms with Crippen LogP contribution >= 0.6 is 0 Å². The maximum absolute atomic E-state index is 13.1. The molecule has 0 aliphatic rings. The Bertz CT molecular complexity index is 478. The van der Waals surface area contributed by atoms with E-state index >= 15 is 0 Å². The maximum atomic E-state index is 13.1. The lowest BCUT2D eigenvalue weighted by atomic mass is 10.1. The monoisotopic (exact) mass is 244 g/mol. The van der Waals surface area contributed by atoms with Gasteiger partial charge in [0.15, 0.2) is 0 Å². The van der Waals surface area contributed by atoms with Gasteiger partial charge in [-0.25, -0.2) is 4.39 Å². The van der Waals surface area contributed by atoms with Crippen LogP contribution in [0.25, 0.3) is 0 Å². The molecular weight excluding hydrogens is 227 g/mol. The Kier molecular flexibility index (Phi) is 3.95. The summed E-state index contributed by atoms with van der Waals surface area (Å²) in [6.45, 7) is 1.51. The summed E-state index contributed by atoms with van der Waals surface area (Å²) in [5.41, 5.74) is 8.64. The second kappa shape index (κ2) is 5.65. The van der Waals surface area contributed by atoms with Gasteiger partial charge in [-0.1, -0.05) is 24.3 Å². The smallest absolute Gasteiger partial charge is 0.123 e. The van der Waals surface area contributed by atoms with Crippen molar-refractivity contribution in [3.63, 3.8) is 0 Å². The van der Waals surface area contributed by atoms with Gasteiger partial charge in [0.25, 0.3) is 0 Å². The van der Waals surface area contributed by atoms with Crippen molar-refractivity contribution < 1.29 is 4.39 Å². The Morgan fingerprint density at radius 3 is 2.22 bits per heavy atom. The van der Waals surface area contributed by atoms with Crippen molar-refractivity contribution in [1.29, 1.82) is 0 Å². The molecule has 0 heterocycles. The van der Waals surface area contributed by atoms with Crippen molar-refractivity contribution in [2.75, 3.05) is 12.8 Å². The Hall–Kier alpha value is -1.87. The first-order valence-electron chi connectivity index (χ1n) is 5.91. The fourth-order valence-electron chi connectivity index (χ4n) is 2.01.